The number of rotatable bonds is 4. The van der Waals surface area contributed by atoms with E-state index in [1.807, 2.05) is 19.1 Å². The van der Waals surface area contributed by atoms with Gasteiger partial charge >= 0.3 is 0 Å². The number of phenols is 3. The van der Waals surface area contributed by atoms with Crippen LogP contribution in [0.4, 0.5) is 0 Å². The van der Waals surface area contributed by atoms with E-state index in [0.29, 0.717) is 17.5 Å². The Morgan fingerprint density at radius 3 is 1.76 bits per heavy atom. The second-order valence-corrected chi connectivity index (χ2v) is 5.22. The van der Waals surface area contributed by atoms with E-state index in [0.717, 1.165) is 18.4 Å². The SMILES string of the molecule is CCc1cc(CC)cc(-c2c(O)cc(O)c(O)c2CC)c1. The minimum absolute atomic E-state index is 0.00236. The molecule has 0 saturated heterocycles. The predicted octanol–water partition coefficient (Wildman–Crippen LogP) is 4.16. The number of hydrogen-bond acceptors (Lipinski definition) is 3. The Hall–Kier alpha value is -2.16. The van der Waals surface area contributed by atoms with Crippen molar-refractivity contribution in [2.75, 3.05) is 0 Å². The maximum atomic E-state index is 10.2. The molecule has 0 radical (unpaired) electrons. The lowest BCUT2D eigenvalue weighted by Gasteiger charge is -2.15. The Kier molecular flexibility index (Phi) is 4.41. The van der Waals surface area contributed by atoms with Crippen LogP contribution in [0, 0.1) is 0 Å². The highest BCUT2D eigenvalue weighted by molar-refractivity contribution is 5.79. The first-order chi connectivity index (χ1) is 10.0. The Balaban J connectivity index is 2.74. The molecule has 0 aliphatic carbocycles. The van der Waals surface area contributed by atoms with Crippen LogP contribution >= 0.6 is 0 Å². The van der Waals surface area contributed by atoms with E-state index in [-0.39, 0.29) is 17.2 Å². The average molecular weight is 286 g/mol. The van der Waals surface area contributed by atoms with Gasteiger partial charge in [0.1, 0.15) is 5.75 Å². The van der Waals surface area contributed by atoms with Crippen molar-refractivity contribution in [1.29, 1.82) is 0 Å². The maximum Gasteiger partial charge on any atom is 0.161 e. The lowest BCUT2D eigenvalue weighted by atomic mass is 9.92. The molecule has 2 rings (SSSR count). The number of benzene rings is 2. The van der Waals surface area contributed by atoms with E-state index < -0.39 is 0 Å². The number of aryl methyl sites for hydroxylation is 2. The number of hydrogen-bond donors (Lipinski definition) is 3. The molecule has 0 atom stereocenters. The van der Waals surface area contributed by atoms with E-state index >= 15 is 0 Å². The van der Waals surface area contributed by atoms with Crippen LogP contribution in [-0.4, -0.2) is 15.3 Å². The van der Waals surface area contributed by atoms with E-state index in [1.165, 1.54) is 17.2 Å². The fraction of sp³-hybridized carbons (Fsp3) is 0.333. The molecule has 0 heterocycles. The van der Waals surface area contributed by atoms with E-state index in [9.17, 15) is 15.3 Å². The van der Waals surface area contributed by atoms with Gasteiger partial charge in [-0.05, 0) is 36.0 Å². The Labute approximate surface area is 125 Å². The summed E-state index contributed by atoms with van der Waals surface area (Å²) < 4.78 is 0. The van der Waals surface area contributed by atoms with Crippen LogP contribution in [0.3, 0.4) is 0 Å². The Bertz CT molecular complexity index is 638. The molecule has 0 aromatic heterocycles. The largest absolute Gasteiger partial charge is 0.507 e. The van der Waals surface area contributed by atoms with Gasteiger partial charge < -0.3 is 15.3 Å². The van der Waals surface area contributed by atoms with Crippen molar-refractivity contribution in [2.24, 2.45) is 0 Å². The van der Waals surface area contributed by atoms with Crippen LogP contribution in [0.2, 0.25) is 0 Å². The fourth-order valence-corrected chi connectivity index (χ4v) is 2.68. The molecule has 0 spiro atoms. The molecule has 3 nitrogen and oxygen atoms in total. The smallest absolute Gasteiger partial charge is 0.161 e. The summed E-state index contributed by atoms with van der Waals surface area (Å²) in [5.41, 5.74) is 4.45. The summed E-state index contributed by atoms with van der Waals surface area (Å²) in [7, 11) is 0. The molecule has 112 valence electrons. The van der Waals surface area contributed by atoms with Gasteiger partial charge in [0.15, 0.2) is 11.5 Å². The quantitative estimate of drug-likeness (QED) is 0.584. The molecule has 2 aromatic carbocycles. The van der Waals surface area contributed by atoms with Crippen molar-refractivity contribution in [3.05, 3.63) is 41.0 Å². The van der Waals surface area contributed by atoms with Crippen LogP contribution in [0.25, 0.3) is 11.1 Å². The monoisotopic (exact) mass is 286 g/mol. The normalized spacial score (nSPS) is 10.8. The molecule has 0 aliphatic rings. The van der Waals surface area contributed by atoms with Gasteiger partial charge in [0, 0.05) is 17.2 Å². The van der Waals surface area contributed by atoms with Crippen molar-refractivity contribution in [2.45, 2.75) is 40.0 Å². The van der Waals surface area contributed by atoms with Crippen molar-refractivity contribution in [3.8, 4) is 28.4 Å². The minimum atomic E-state index is -0.282. The molecule has 0 bridgehead atoms. The molecule has 2 aromatic rings. The second-order valence-electron chi connectivity index (χ2n) is 5.22. The summed E-state index contributed by atoms with van der Waals surface area (Å²) >= 11 is 0. The van der Waals surface area contributed by atoms with E-state index in [1.54, 1.807) is 0 Å². The highest BCUT2D eigenvalue weighted by Gasteiger charge is 2.18. The molecule has 0 fully saturated rings. The van der Waals surface area contributed by atoms with Crippen LogP contribution in [0.1, 0.15) is 37.5 Å². The first kappa shape index (κ1) is 15.2. The second kappa shape index (κ2) is 6.08. The van der Waals surface area contributed by atoms with Crippen LogP contribution in [-0.2, 0) is 19.3 Å². The van der Waals surface area contributed by atoms with Gasteiger partial charge in [0.25, 0.3) is 0 Å². The van der Waals surface area contributed by atoms with Crippen LogP contribution in [0.15, 0.2) is 24.3 Å². The lowest BCUT2D eigenvalue weighted by Crippen LogP contribution is -1.94. The Morgan fingerprint density at radius 1 is 0.714 bits per heavy atom. The van der Waals surface area contributed by atoms with Gasteiger partial charge in [-0.1, -0.05) is 39.0 Å². The number of aromatic hydroxyl groups is 3. The molecule has 0 amide bonds. The molecule has 21 heavy (non-hydrogen) atoms. The first-order valence-corrected chi connectivity index (χ1v) is 7.41. The third kappa shape index (κ3) is 2.82. The Morgan fingerprint density at radius 2 is 1.29 bits per heavy atom. The predicted molar refractivity (Wildman–Crippen MR) is 85.0 cm³/mol. The highest BCUT2D eigenvalue weighted by atomic mass is 16.3. The van der Waals surface area contributed by atoms with Gasteiger partial charge in [-0.25, -0.2) is 0 Å². The van der Waals surface area contributed by atoms with Crippen LogP contribution < -0.4 is 0 Å². The van der Waals surface area contributed by atoms with Gasteiger partial charge in [0.2, 0.25) is 0 Å². The molecular weight excluding hydrogens is 264 g/mol. The standard InChI is InChI=1S/C18H22O3/c1-4-11-7-12(5-2)9-13(8-11)17-14(6-3)18(21)16(20)10-15(17)19/h7-10,19-21H,4-6H2,1-3H3. The third-order valence-corrected chi connectivity index (χ3v) is 3.87. The molecule has 3 N–H and O–H groups in total. The maximum absolute atomic E-state index is 10.2. The summed E-state index contributed by atoms with van der Waals surface area (Å²) in [5.74, 6) is -0.432. The third-order valence-electron chi connectivity index (χ3n) is 3.87. The summed E-state index contributed by atoms with van der Waals surface area (Å²) in [6.07, 6.45) is 2.35. The van der Waals surface area contributed by atoms with Gasteiger partial charge in [-0.2, -0.15) is 0 Å². The van der Waals surface area contributed by atoms with Gasteiger partial charge in [-0.15, -0.1) is 0 Å². The number of phenolic OH excluding ortho intramolecular Hbond substituents is 3. The summed E-state index contributed by atoms with van der Waals surface area (Å²) in [6.45, 7) is 6.07. The molecule has 0 aliphatic heterocycles. The van der Waals surface area contributed by atoms with Crippen molar-refractivity contribution in [3.63, 3.8) is 0 Å². The van der Waals surface area contributed by atoms with Crippen LogP contribution in [0.5, 0.6) is 17.2 Å². The van der Waals surface area contributed by atoms with E-state index in [2.05, 4.69) is 19.9 Å². The zero-order valence-corrected chi connectivity index (χ0v) is 12.8. The zero-order valence-electron chi connectivity index (χ0n) is 12.8. The van der Waals surface area contributed by atoms with Crippen molar-refractivity contribution in [1.82, 2.24) is 0 Å². The summed E-state index contributed by atoms with van der Waals surface area (Å²) in [6, 6.07) is 7.42. The molecule has 0 saturated carbocycles. The lowest BCUT2D eigenvalue weighted by molar-refractivity contribution is 0.393. The summed E-state index contributed by atoms with van der Waals surface area (Å²) in [4.78, 5) is 0. The molecule has 0 unspecified atom stereocenters. The van der Waals surface area contributed by atoms with Gasteiger partial charge in [0.05, 0.1) is 0 Å². The molecular formula is C18H22O3. The van der Waals surface area contributed by atoms with Gasteiger partial charge in [-0.3, -0.25) is 0 Å². The summed E-state index contributed by atoms with van der Waals surface area (Å²) in [5, 5.41) is 30.0. The topological polar surface area (TPSA) is 60.7 Å². The zero-order chi connectivity index (χ0) is 15.6. The highest BCUT2D eigenvalue weighted by Crippen LogP contribution is 2.43. The average Bonchev–Trinajstić information content (AvgIpc) is 2.49. The minimum Gasteiger partial charge on any atom is -0.507 e. The fourth-order valence-electron chi connectivity index (χ4n) is 2.68. The van der Waals surface area contributed by atoms with Crippen molar-refractivity contribution >= 4 is 0 Å². The molecule has 3 heteroatoms. The van der Waals surface area contributed by atoms with Crippen molar-refractivity contribution < 1.29 is 15.3 Å². The first-order valence-electron chi connectivity index (χ1n) is 7.41. The van der Waals surface area contributed by atoms with E-state index in [4.69, 9.17) is 0 Å².